The van der Waals surface area contributed by atoms with Gasteiger partial charge in [0.2, 0.25) is 5.95 Å². The van der Waals surface area contributed by atoms with E-state index in [2.05, 4.69) is 32.5 Å². The van der Waals surface area contributed by atoms with E-state index in [4.69, 9.17) is 4.74 Å². The topological polar surface area (TPSA) is 96.9 Å². The minimum absolute atomic E-state index is 0. The fraction of sp³-hybridized carbons (Fsp3) is 0.393. The summed E-state index contributed by atoms with van der Waals surface area (Å²) in [6.45, 7) is 8.28. The number of benzene rings is 2. The van der Waals surface area contributed by atoms with Gasteiger partial charge in [-0.25, -0.2) is 4.98 Å². The van der Waals surface area contributed by atoms with Crippen molar-refractivity contribution in [3.8, 4) is 22.5 Å². The molecule has 0 aliphatic carbocycles. The fourth-order valence-electron chi connectivity index (χ4n) is 3.93. The second-order valence-electron chi connectivity index (χ2n) is 8.31. The van der Waals surface area contributed by atoms with E-state index in [0.717, 1.165) is 35.1 Å². The van der Waals surface area contributed by atoms with Gasteiger partial charge in [-0.1, -0.05) is 82.6 Å². The van der Waals surface area contributed by atoms with Crippen LogP contribution in [0.25, 0.3) is 22.5 Å². The summed E-state index contributed by atoms with van der Waals surface area (Å²) in [7, 11) is 0. The Kier molecular flexibility index (Phi) is 14.0. The Morgan fingerprint density at radius 3 is 2.37 bits per heavy atom. The van der Waals surface area contributed by atoms with Crippen molar-refractivity contribution in [2.75, 3.05) is 0 Å². The number of rotatable bonds is 11. The second kappa shape index (κ2) is 16.7. The number of nitrogens with zero attached hydrogens (tertiary/aromatic N) is 6. The minimum atomic E-state index is -0.581. The standard InChI is InChI=1S/C26H28FN6O2.C2H6.K/c1-3-5-11-23-28-25(27)22(17-35-24(34)8-4-2)33(23)16-18-12-14-19(15-13-18)20-9-6-7-10-21(20)26-29-31-32-30-26;1-2;/h6-7,9-10,12-15H,3-5,8,11,16-17H2,1-2H3;1-2H3;/q-1;;+1. The van der Waals surface area contributed by atoms with Crippen molar-refractivity contribution >= 4 is 5.97 Å². The predicted octanol–water partition coefficient (Wildman–Crippen LogP) is 2.76. The molecule has 0 amide bonds. The summed E-state index contributed by atoms with van der Waals surface area (Å²) >= 11 is 0. The first-order valence-electron chi connectivity index (χ1n) is 12.9. The van der Waals surface area contributed by atoms with Crippen LogP contribution in [0.1, 0.15) is 70.5 Å². The number of aromatic nitrogens is 6. The molecule has 0 unspecified atom stereocenters. The summed E-state index contributed by atoms with van der Waals surface area (Å²) < 4.78 is 21.9. The number of hydrogen-bond donors (Lipinski definition) is 0. The minimum Gasteiger partial charge on any atom is -0.459 e. The van der Waals surface area contributed by atoms with Crippen molar-refractivity contribution in [1.82, 2.24) is 30.2 Å². The first-order valence-corrected chi connectivity index (χ1v) is 12.9. The second-order valence-corrected chi connectivity index (χ2v) is 8.31. The molecule has 2 aromatic carbocycles. The van der Waals surface area contributed by atoms with E-state index < -0.39 is 5.95 Å². The van der Waals surface area contributed by atoms with Gasteiger partial charge in [-0.2, -0.15) is 9.60 Å². The van der Waals surface area contributed by atoms with Crippen LogP contribution in [0.5, 0.6) is 0 Å². The van der Waals surface area contributed by atoms with Gasteiger partial charge in [0.25, 0.3) is 0 Å². The maximum absolute atomic E-state index is 14.8. The third-order valence-electron chi connectivity index (χ3n) is 5.77. The Morgan fingerprint density at radius 2 is 1.74 bits per heavy atom. The van der Waals surface area contributed by atoms with Crippen LogP contribution in [0.15, 0.2) is 48.5 Å². The molecule has 4 aromatic rings. The van der Waals surface area contributed by atoms with Crippen molar-refractivity contribution in [3.05, 3.63) is 71.6 Å². The van der Waals surface area contributed by atoms with E-state index in [0.29, 0.717) is 43.1 Å². The molecule has 8 nitrogen and oxygen atoms in total. The Balaban J connectivity index is 0.00000165. The SMILES string of the molecule is CC.CCCCc1nc(F)c(COC(=O)CCC)n1Cc1ccc(-c2ccccc2-c2nnn[n-]2)cc1.[K+]. The van der Waals surface area contributed by atoms with Gasteiger partial charge in [0.1, 0.15) is 18.1 Å². The molecule has 0 radical (unpaired) electrons. The number of esters is 1. The molecular formula is C28H34FKN6O2. The van der Waals surface area contributed by atoms with Gasteiger partial charge >= 0.3 is 57.4 Å². The Morgan fingerprint density at radius 1 is 1.03 bits per heavy atom. The summed E-state index contributed by atoms with van der Waals surface area (Å²) in [6, 6.07) is 15.8. The molecule has 0 saturated carbocycles. The number of hydrogen-bond acceptors (Lipinski definition) is 6. The third kappa shape index (κ3) is 8.38. The molecule has 0 atom stereocenters. The Bertz CT molecular complexity index is 1260. The monoisotopic (exact) mass is 544 g/mol. The van der Waals surface area contributed by atoms with E-state index in [1.807, 2.05) is 73.9 Å². The summed E-state index contributed by atoms with van der Waals surface area (Å²) in [5.74, 6) is 0.218. The molecule has 0 aliphatic heterocycles. The van der Waals surface area contributed by atoms with Crippen LogP contribution in [-0.2, 0) is 29.1 Å². The largest absolute Gasteiger partial charge is 1.00 e. The van der Waals surface area contributed by atoms with Crippen molar-refractivity contribution in [2.45, 2.75) is 73.0 Å². The number of unbranched alkanes of at least 4 members (excludes halogenated alkanes) is 1. The number of carbonyl (C=O) groups is 1. The van der Waals surface area contributed by atoms with E-state index in [1.54, 1.807) is 0 Å². The molecule has 2 heterocycles. The van der Waals surface area contributed by atoms with Gasteiger partial charge in [0.15, 0.2) is 0 Å². The molecule has 0 spiro atoms. The molecule has 0 N–H and O–H groups in total. The summed E-state index contributed by atoms with van der Waals surface area (Å²) in [4.78, 5) is 16.0. The van der Waals surface area contributed by atoms with Crippen LogP contribution in [0.3, 0.4) is 0 Å². The van der Waals surface area contributed by atoms with Crippen LogP contribution in [-0.4, -0.2) is 31.0 Å². The van der Waals surface area contributed by atoms with Gasteiger partial charge in [-0.15, -0.1) is 0 Å². The van der Waals surface area contributed by atoms with E-state index >= 15 is 0 Å². The zero-order valence-corrected chi connectivity index (χ0v) is 26.1. The van der Waals surface area contributed by atoms with Gasteiger partial charge < -0.3 is 14.4 Å². The molecular weight excluding hydrogens is 510 g/mol. The molecule has 4 rings (SSSR count). The quantitative estimate of drug-likeness (QED) is 0.212. The number of carbonyl (C=O) groups excluding carboxylic acids is 1. The summed E-state index contributed by atoms with van der Waals surface area (Å²) in [6.07, 6.45) is 3.52. The Hall–Kier alpha value is -2.24. The van der Waals surface area contributed by atoms with Crippen LogP contribution in [0, 0.1) is 5.95 Å². The Labute approximate surface area is 266 Å². The van der Waals surface area contributed by atoms with Gasteiger partial charge in [-0.05, 0) is 35.1 Å². The average molecular weight is 545 g/mol. The van der Waals surface area contributed by atoms with Crippen molar-refractivity contribution in [3.63, 3.8) is 0 Å². The molecule has 38 heavy (non-hydrogen) atoms. The number of ether oxygens (including phenoxy) is 1. The van der Waals surface area contributed by atoms with Gasteiger partial charge in [-0.3, -0.25) is 15.1 Å². The predicted molar refractivity (Wildman–Crippen MR) is 140 cm³/mol. The number of imidazole rings is 1. The molecule has 0 bridgehead atoms. The van der Waals surface area contributed by atoms with E-state index in [9.17, 15) is 9.18 Å². The third-order valence-corrected chi connectivity index (χ3v) is 5.77. The van der Waals surface area contributed by atoms with Crippen LogP contribution >= 0.6 is 0 Å². The molecule has 196 valence electrons. The molecule has 0 aliphatic rings. The fourth-order valence-corrected chi connectivity index (χ4v) is 3.93. The number of tetrazole rings is 1. The van der Waals surface area contributed by atoms with Crippen molar-refractivity contribution < 1.29 is 65.3 Å². The van der Waals surface area contributed by atoms with Crippen molar-refractivity contribution in [2.24, 2.45) is 0 Å². The van der Waals surface area contributed by atoms with Crippen LogP contribution in [0.2, 0.25) is 0 Å². The van der Waals surface area contributed by atoms with Crippen LogP contribution < -0.4 is 56.5 Å². The van der Waals surface area contributed by atoms with Crippen molar-refractivity contribution in [1.29, 1.82) is 0 Å². The van der Waals surface area contributed by atoms with E-state index in [1.165, 1.54) is 0 Å². The normalized spacial score (nSPS) is 10.3. The van der Waals surface area contributed by atoms with Crippen LogP contribution in [0.4, 0.5) is 4.39 Å². The van der Waals surface area contributed by atoms with E-state index in [-0.39, 0.29) is 64.0 Å². The maximum Gasteiger partial charge on any atom is 1.00 e. The number of aryl methyl sites for hydroxylation is 1. The summed E-state index contributed by atoms with van der Waals surface area (Å²) in [5, 5.41) is 15.1. The molecule has 2 aromatic heterocycles. The maximum atomic E-state index is 14.8. The number of halogens is 1. The first-order chi connectivity index (χ1) is 18.1. The molecule has 0 saturated heterocycles. The van der Waals surface area contributed by atoms with Gasteiger partial charge in [0, 0.05) is 25.2 Å². The smallest absolute Gasteiger partial charge is 0.459 e. The zero-order valence-electron chi connectivity index (χ0n) is 22.9. The van der Waals surface area contributed by atoms with Gasteiger partial charge in [0.05, 0.1) is 0 Å². The first kappa shape index (κ1) is 32.0. The zero-order chi connectivity index (χ0) is 26.6. The molecule has 10 heteroatoms. The average Bonchev–Trinajstić information content (AvgIpc) is 3.56. The summed E-state index contributed by atoms with van der Waals surface area (Å²) in [5.41, 5.74) is 4.08. The molecule has 0 fully saturated rings.